The van der Waals surface area contributed by atoms with Crippen molar-refractivity contribution in [2.24, 2.45) is 13.0 Å². The highest BCUT2D eigenvalue weighted by molar-refractivity contribution is 5.82. The van der Waals surface area contributed by atoms with E-state index in [1.54, 1.807) is 22.2 Å². The number of pyridine rings is 1. The van der Waals surface area contributed by atoms with Crippen molar-refractivity contribution in [1.29, 1.82) is 0 Å². The zero-order valence-electron chi connectivity index (χ0n) is 22.4. The summed E-state index contributed by atoms with van der Waals surface area (Å²) in [4.78, 5) is 20.6. The van der Waals surface area contributed by atoms with Crippen LogP contribution in [0.25, 0.3) is 16.7 Å². The van der Waals surface area contributed by atoms with Crippen molar-refractivity contribution >= 4 is 16.7 Å². The molecule has 8 nitrogen and oxygen atoms in total. The van der Waals surface area contributed by atoms with Crippen molar-refractivity contribution in [2.45, 2.75) is 19.6 Å². The number of hydrogen-bond acceptors (Lipinski definition) is 6. The Balaban J connectivity index is 1.37. The molecule has 8 heteroatoms. The van der Waals surface area contributed by atoms with Gasteiger partial charge >= 0.3 is 5.69 Å². The fraction of sp³-hybridized carbons (Fsp3) is 0.250. The Morgan fingerprint density at radius 2 is 1.57 bits per heavy atom. The Morgan fingerprint density at radius 3 is 2.25 bits per heavy atom. The van der Waals surface area contributed by atoms with Crippen LogP contribution in [0.4, 0.5) is 5.69 Å². The van der Waals surface area contributed by atoms with E-state index in [0.717, 1.165) is 47.4 Å². The van der Waals surface area contributed by atoms with Crippen LogP contribution in [-0.4, -0.2) is 38.9 Å². The molecule has 2 aromatic heterocycles. The Bertz CT molecular complexity index is 1660. The predicted octanol–water partition coefficient (Wildman–Crippen LogP) is 4.70. The van der Waals surface area contributed by atoms with E-state index in [2.05, 4.69) is 9.88 Å². The molecule has 3 heterocycles. The molecule has 1 atom stereocenters. The van der Waals surface area contributed by atoms with Crippen LogP contribution in [0.15, 0.2) is 95.8 Å². The molecule has 204 valence electrons. The molecule has 0 amide bonds. The summed E-state index contributed by atoms with van der Waals surface area (Å²) < 4.78 is 15.5. The summed E-state index contributed by atoms with van der Waals surface area (Å²) in [5.74, 6) is 1.01. The minimum Gasteiger partial charge on any atom is -0.473 e. The van der Waals surface area contributed by atoms with Gasteiger partial charge in [-0.15, -0.1) is 0 Å². The molecule has 0 bridgehead atoms. The maximum Gasteiger partial charge on any atom is 0.333 e. The molecule has 0 saturated carbocycles. The summed E-state index contributed by atoms with van der Waals surface area (Å²) in [6.45, 7) is 2.56. The predicted molar refractivity (Wildman–Crippen MR) is 155 cm³/mol. The van der Waals surface area contributed by atoms with Crippen molar-refractivity contribution in [2.75, 3.05) is 24.6 Å². The molecule has 1 aliphatic rings. The number of aliphatic hydroxyl groups is 1. The lowest BCUT2D eigenvalue weighted by Gasteiger charge is -2.19. The second-order valence-electron chi connectivity index (χ2n) is 10.2. The first-order valence-electron chi connectivity index (χ1n) is 13.5. The number of anilines is 1. The molecule has 1 N–H and O–H groups in total. The summed E-state index contributed by atoms with van der Waals surface area (Å²) in [5, 5.41) is 9.56. The lowest BCUT2D eigenvalue weighted by Crippen LogP contribution is -2.21. The summed E-state index contributed by atoms with van der Waals surface area (Å²) in [5.41, 5.74) is 5.00. The van der Waals surface area contributed by atoms with E-state index in [0.29, 0.717) is 30.7 Å². The standard InChI is InChI=1S/C32H32N4O4/c1-34-29-18-26(35-17-16-25(19-35)20-37)12-13-27(29)36(32(34)38)28-14-15-30(39-21-23-8-4-2-5-9-23)33-31(28)40-22-24-10-6-3-7-11-24/h2-15,18,25,37H,16-17,19-22H2,1H3. The molecule has 40 heavy (non-hydrogen) atoms. The summed E-state index contributed by atoms with van der Waals surface area (Å²) in [6.07, 6.45) is 0.959. The largest absolute Gasteiger partial charge is 0.473 e. The van der Waals surface area contributed by atoms with Crippen LogP contribution in [0.2, 0.25) is 0 Å². The molecule has 0 spiro atoms. The minimum atomic E-state index is -0.189. The van der Waals surface area contributed by atoms with Crippen molar-refractivity contribution in [1.82, 2.24) is 14.1 Å². The smallest absolute Gasteiger partial charge is 0.333 e. The normalized spacial score (nSPS) is 15.1. The van der Waals surface area contributed by atoms with E-state index in [9.17, 15) is 9.90 Å². The van der Waals surface area contributed by atoms with Crippen LogP contribution >= 0.6 is 0 Å². The molecular formula is C32H32N4O4. The average molecular weight is 537 g/mol. The highest BCUT2D eigenvalue weighted by atomic mass is 16.5. The van der Waals surface area contributed by atoms with E-state index < -0.39 is 0 Å². The Hall–Kier alpha value is -4.56. The van der Waals surface area contributed by atoms with Gasteiger partial charge in [-0.2, -0.15) is 4.98 Å². The Morgan fingerprint density at radius 1 is 0.875 bits per heavy atom. The van der Waals surface area contributed by atoms with Crippen LogP contribution in [0, 0.1) is 5.92 Å². The number of aromatic nitrogens is 3. The number of nitrogens with zero attached hydrogens (tertiary/aromatic N) is 4. The van der Waals surface area contributed by atoms with E-state index in [1.165, 1.54) is 0 Å². The van der Waals surface area contributed by atoms with E-state index >= 15 is 0 Å². The molecule has 3 aromatic carbocycles. The second kappa shape index (κ2) is 11.3. The van der Waals surface area contributed by atoms with Crippen LogP contribution in [0.3, 0.4) is 0 Å². The van der Waals surface area contributed by atoms with Gasteiger partial charge in [-0.3, -0.25) is 9.13 Å². The Kier molecular flexibility index (Phi) is 7.25. The van der Waals surface area contributed by atoms with Gasteiger partial charge in [0.2, 0.25) is 11.8 Å². The van der Waals surface area contributed by atoms with Gasteiger partial charge in [-0.1, -0.05) is 60.7 Å². The maximum absolute atomic E-state index is 13.6. The van der Waals surface area contributed by atoms with Gasteiger partial charge in [0.05, 0.1) is 11.0 Å². The van der Waals surface area contributed by atoms with E-state index in [-0.39, 0.29) is 18.2 Å². The Labute approximate surface area is 232 Å². The van der Waals surface area contributed by atoms with Gasteiger partial charge in [0.25, 0.3) is 0 Å². The monoisotopic (exact) mass is 536 g/mol. The van der Waals surface area contributed by atoms with Gasteiger partial charge in [0.15, 0.2) is 0 Å². The quantitative estimate of drug-likeness (QED) is 0.294. The van der Waals surface area contributed by atoms with Crippen molar-refractivity contribution in [3.8, 4) is 17.4 Å². The first-order chi connectivity index (χ1) is 19.6. The molecule has 5 aromatic rings. The lowest BCUT2D eigenvalue weighted by molar-refractivity contribution is 0.238. The number of fused-ring (bicyclic) bond motifs is 1. The zero-order chi connectivity index (χ0) is 27.5. The lowest BCUT2D eigenvalue weighted by atomic mass is 10.1. The fourth-order valence-electron chi connectivity index (χ4n) is 5.20. The molecule has 1 aliphatic heterocycles. The van der Waals surface area contributed by atoms with Gasteiger partial charge in [-0.05, 0) is 41.8 Å². The number of benzene rings is 3. The molecular weight excluding hydrogens is 504 g/mol. The van der Waals surface area contributed by atoms with Gasteiger partial charge in [0.1, 0.15) is 18.9 Å². The molecule has 6 rings (SSSR count). The summed E-state index contributed by atoms with van der Waals surface area (Å²) in [6, 6.07) is 29.4. The topological polar surface area (TPSA) is 81.8 Å². The molecule has 1 unspecified atom stereocenters. The van der Waals surface area contributed by atoms with Crippen molar-refractivity contribution < 1.29 is 14.6 Å². The fourth-order valence-corrected chi connectivity index (χ4v) is 5.20. The van der Waals surface area contributed by atoms with Crippen LogP contribution in [0.1, 0.15) is 17.5 Å². The number of aliphatic hydroxyl groups excluding tert-OH is 1. The van der Waals surface area contributed by atoms with Crippen molar-refractivity contribution in [3.05, 3.63) is 113 Å². The van der Waals surface area contributed by atoms with E-state index in [4.69, 9.17) is 9.47 Å². The third kappa shape index (κ3) is 5.18. The zero-order valence-corrected chi connectivity index (χ0v) is 22.4. The SMILES string of the molecule is Cn1c(=O)n(-c2ccc(OCc3ccccc3)nc2OCc2ccccc2)c2ccc(N3CCC(CO)C3)cc21. The van der Waals surface area contributed by atoms with Crippen LogP contribution < -0.4 is 20.1 Å². The molecule has 1 saturated heterocycles. The average Bonchev–Trinajstić information content (AvgIpc) is 3.59. The van der Waals surface area contributed by atoms with Gasteiger partial charge < -0.3 is 19.5 Å². The summed E-state index contributed by atoms with van der Waals surface area (Å²) in [7, 11) is 1.78. The third-order valence-corrected chi connectivity index (χ3v) is 7.45. The molecule has 0 radical (unpaired) electrons. The third-order valence-electron chi connectivity index (χ3n) is 7.45. The number of ether oxygens (including phenoxy) is 2. The first kappa shape index (κ1) is 25.7. The second-order valence-corrected chi connectivity index (χ2v) is 10.2. The molecule has 0 aliphatic carbocycles. The highest BCUT2D eigenvalue weighted by Crippen LogP contribution is 2.31. The molecule has 1 fully saturated rings. The van der Waals surface area contributed by atoms with Crippen molar-refractivity contribution in [3.63, 3.8) is 0 Å². The number of hydrogen-bond donors (Lipinski definition) is 1. The number of imidazole rings is 1. The van der Waals surface area contributed by atoms with Crippen LogP contribution in [0.5, 0.6) is 11.8 Å². The number of rotatable bonds is 9. The van der Waals surface area contributed by atoms with Crippen LogP contribution in [-0.2, 0) is 20.3 Å². The minimum absolute atomic E-state index is 0.189. The van der Waals surface area contributed by atoms with Gasteiger partial charge in [0, 0.05) is 44.4 Å². The maximum atomic E-state index is 13.6. The summed E-state index contributed by atoms with van der Waals surface area (Å²) >= 11 is 0. The first-order valence-corrected chi connectivity index (χ1v) is 13.5. The van der Waals surface area contributed by atoms with E-state index in [1.807, 2.05) is 84.9 Å². The highest BCUT2D eigenvalue weighted by Gasteiger charge is 2.24. The van der Waals surface area contributed by atoms with Gasteiger partial charge in [-0.25, -0.2) is 4.79 Å². The number of aryl methyl sites for hydroxylation is 1.